The number of halogens is 1. The molecule has 0 heterocycles. The maximum absolute atomic E-state index is 10.9. The molecule has 0 amide bonds. The minimum atomic E-state index is -0.973. The van der Waals surface area contributed by atoms with Crippen LogP contribution in [0.15, 0.2) is 46.9 Å². The van der Waals surface area contributed by atoms with Gasteiger partial charge in [-0.05, 0) is 51.8 Å². The first-order chi connectivity index (χ1) is 9.60. The summed E-state index contributed by atoms with van der Waals surface area (Å²) in [5, 5.41) is 8.91. The summed E-state index contributed by atoms with van der Waals surface area (Å²) in [6, 6.07) is 12.2. The molecule has 4 nitrogen and oxygen atoms in total. The zero-order valence-electron chi connectivity index (χ0n) is 10.8. The molecule has 104 valence electrons. The lowest BCUT2D eigenvalue weighted by Crippen LogP contribution is -1.96. The van der Waals surface area contributed by atoms with E-state index in [0.29, 0.717) is 22.6 Å². The van der Waals surface area contributed by atoms with Crippen LogP contribution in [0.2, 0.25) is 0 Å². The molecule has 0 saturated heterocycles. The molecular weight excluding hydrogens is 324 g/mol. The van der Waals surface area contributed by atoms with Crippen LogP contribution in [0.3, 0.4) is 0 Å². The van der Waals surface area contributed by atoms with Crippen LogP contribution in [0.25, 0.3) is 0 Å². The van der Waals surface area contributed by atoms with E-state index in [0.717, 1.165) is 5.56 Å². The standard InChI is InChI=1S/C15H13BrO4/c1-19-9-10-3-2-4-12(7-10)20-14-6-5-11(15(17)18)8-13(14)16/h2-8H,9H2,1H3,(H,17,18). The van der Waals surface area contributed by atoms with E-state index in [1.807, 2.05) is 24.3 Å². The monoisotopic (exact) mass is 336 g/mol. The lowest BCUT2D eigenvalue weighted by Gasteiger charge is -2.09. The quantitative estimate of drug-likeness (QED) is 0.893. The van der Waals surface area contributed by atoms with E-state index in [1.54, 1.807) is 13.2 Å². The smallest absolute Gasteiger partial charge is 0.335 e. The fraction of sp³-hybridized carbons (Fsp3) is 0.133. The Morgan fingerprint density at radius 3 is 2.70 bits per heavy atom. The van der Waals surface area contributed by atoms with Gasteiger partial charge in [0.1, 0.15) is 11.5 Å². The Morgan fingerprint density at radius 2 is 2.05 bits per heavy atom. The first-order valence-corrected chi connectivity index (χ1v) is 6.68. The SMILES string of the molecule is COCc1cccc(Oc2ccc(C(=O)O)cc2Br)c1. The van der Waals surface area contributed by atoms with Gasteiger partial charge in [0.05, 0.1) is 16.6 Å². The molecular formula is C15H13BrO4. The van der Waals surface area contributed by atoms with Gasteiger partial charge in [-0.2, -0.15) is 0 Å². The molecule has 0 aromatic heterocycles. The van der Waals surface area contributed by atoms with E-state index in [4.69, 9.17) is 14.6 Å². The van der Waals surface area contributed by atoms with Crippen molar-refractivity contribution in [3.8, 4) is 11.5 Å². The Kier molecular flexibility index (Phi) is 4.76. The summed E-state index contributed by atoms with van der Waals surface area (Å²) in [4.78, 5) is 10.9. The maximum atomic E-state index is 10.9. The van der Waals surface area contributed by atoms with Crippen molar-refractivity contribution < 1.29 is 19.4 Å². The minimum absolute atomic E-state index is 0.206. The summed E-state index contributed by atoms with van der Waals surface area (Å²) in [6.07, 6.45) is 0. The summed E-state index contributed by atoms with van der Waals surface area (Å²) in [5.41, 5.74) is 1.21. The first kappa shape index (κ1) is 14.6. The zero-order chi connectivity index (χ0) is 14.5. The molecule has 2 aromatic carbocycles. The topological polar surface area (TPSA) is 55.8 Å². The molecule has 2 rings (SSSR count). The molecule has 0 bridgehead atoms. The van der Waals surface area contributed by atoms with Crippen molar-refractivity contribution in [3.05, 3.63) is 58.1 Å². The molecule has 2 aromatic rings. The van der Waals surface area contributed by atoms with Crippen molar-refractivity contribution in [3.63, 3.8) is 0 Å². The third-order valence-corrected chi connectivity index (χ3v) is 3.24. The van der Waals surface area contributed by atoms with Crippen LogP contribution in [-0.4, -0.2) is 18.2 Å². The number of carboxylic acids is 1. The molecule has 0 unspecified atom stereocenters. The van der Waals surface area contributed by atoms with Gasteiger partial charge in [-0.3, -0.25) is 0 Å². The van der Waals surface area contributed by atoms with E-state index in [2.05, 4.69) is 15.9 Å². The molecule has 0 atom stereocenters. The van der Waals surface area contributed by atoms with Crippen LogP contribution in [0.1, 0.15) is 15.9 Å². The van der Waals surface area contributed by atoms with Gasteiger partial charge < -0.3 is 14.6 Å². The van der Waals surface area contributed by atoms with Crippen molar-refractivity contribution in [1.29, 1.82) is 0 Å². The normalized spacial score (nSPS) is 10.3. The third kappa shape index (κ3) is 3.59. The number of rotatable bonds is 5. The second kappa shape index (κ2) is 6.54. The lowest BCUT2D eigenvalue weighted by atomic mass is 10.2. The molecule has 1 N–H and O–H groups in total. The number of hydrogen-bond acceptors (Lipinski definition) is 3. The molecule has 0 aliphatic rings. The van der Waals surface area contributed by atoms with Crippen LogP contribution in [0, 0.1) is 0 Å². The molecule has 0 aliphatic heterocycles. The van der Waals surface area contributed by atoms with Gasteiger partial charge in [0.15, 0.2) is 0 Å². The highest BCUT2D eigenvalue weighted by atomic mass is 79.9. The Morgan fingerprint density at radius 1 is 1.25 bits per heavy atom. The average molecular weight is 337 g/mol. The fourth-order valence-electron chi connectivity index (χ4n) is 1.71. The van der Waals surface area contributed by atoms with Crippen molar-refractivity contribution in [2.45, 2.75) is 6.61 Å². The van der Waals surface area contributed by atoms with E-state index in [1.165, 1.54) is 12.1 Å². The number of aromatic carboxylic acids is 1. The van der Waals surface area contributed by atoms with Crippen molar-refractivity contribution >= 4 is 21.9 Å². The van der Waals surface area contributed by atoms with Crippen LogP contribution in [-0.2, 0) is 11.3 Å². The van der Waals surface area contributed by atoms with Crippen LogP contribution < -0.4 is 4.74 Å². The molecule has 20 heavy (non-hydrogen) atoms. The van der Waals surface area contributed by atoms with E-state index < -0.39 is 5.97 Å². The number of benzene rings is 2. The maximum Gasteiger partial charge on any atom is 0.335 e. The molecule has 0 saturated carbocycles. The zero-order valence-corrected chi connectivity index (χ0v) is 12.4. The predicted molar refractivity (Wildman–Crippen MR) is 78.3 cm³/mol. The van der Waals surface area contributed by atoms with E-state index >= 15 is 0 Å². The van der Waals surface area contributed by atoms with Gasteiger partial charge in [-0.15, -0.1) is 0 Å². The van der Waals surface area contributed by atoms with Gasteiger partial charge in [0.2, 0.25) is 0 Å². The van der Waals surface area contributed by atoms with E-state index in [9.17, 15) is 4.79 Å². The minimum Gasteiger partial charge on any atom is -0.478 e. The second-order valence-electron chi connectivity index (χ2n) is 4.13. The highest BCUT2D eigenvalue weighted by Gasteiger charge is 2.08. The summed E-state index contributed by atoms with van der Waals surface area (Å²) in [7, 11) is 1.63. The second-order valence-corrected chi connectivity index (χ2v) is 4.99. The van der Waals surface area contributed by atoms with Gasteiger partial charge >= 0.3 is 5.97 Å². The Labute approximate surface area is 125 Å². The summed E-state index contributed by atoms with van der Waals surface area (Å²) >= 11 is 3.31. The van der Waals surface area contributed by atoms with Crippen molar-refractivity contribution in [1.82, 2.24) is 0 Å². The van der Waals surface area contributed by atoms with E-state index in [-0.39, 0.29) is 5.56 Å². The lowest BCUT2D eigenvalue weighted by molar-refractivity contribution is 0.0697. The molecule has 0 fully saturated rings. The summed E-state index contributed by atoms with van der Waals surface area (Å²) in [6.45, 7) is 0.510. The first-order valence-electron chi connectivity index (χ1n) is 5.88. The van der Waals surface area contributed by atoms with Crippen LogP contribution in [0.5, 0.6) is 11.5 Å². The Hall–Kier alpha value is -1.85. The molecule has 0 spiro atoms. The fourth-order valence-corrected chi connectivity index (χ4v) is 2.17. The Balaban J connectivity index is 2.21. The Bertz CT molecular complexity index is 625. The summed E-state index contributed by atoms with van der Waals surface area (Å²) < 4.78 is 11.4. The number of carboxylic acid groups (broad SMARTS) is 1. The van der Waals surface area contributed by atoms with Gasteiger partial charge in [-0.25, -0.2) is 4.79 Å². The number of ether oxygens (including phenoxy) is 2. The third-order valence-electron chi connectivity index (χ3n) is 2.62. The largest absolute Gasteiger partial charge is 0.478 e. The van der Waals surface area contributed by atoms with Crippen molar-refractivity contribution in [2.75, 3.05) is 7.11 Å². The molecule has 5 heteroatoms. The number of hydrogen-bond donors (Lipinski definition) is 1. The number of carbonyl (C=O) groups is 1. The predicted octanol–water partition coefficient (Wildman–Crippen LogP) is 4.09. The van der Waals surface area contributed by atoms with Crippen LogP contribution in [0.4, 0.5) is 0 Å². The van der Waals surface area contributed by atoms with Crippen LogP contribution >= 0.6 is 15.9 Å². The molecule has 0 aliphatic carbocycles. The highest BCUT2D eigenvalue weighted by Crippen LogP contribution is 2.30. The van der Waals surface area contributed by atoms with Gasteiger partial charge in [-0.1, -0.05) is 12.1 Å². The molecule has 0 radical (unpaired) electrons. The van der Waals surface area contributed by atoms with Gasteiger partial charge in [0.25, 0.3) is 0 Å². The van der Waals surface area contributed by atoms with Gasteiger partial charge in [0, 0.05) is 7.11 Å². The number of methoxy groups -OCH3 is 1. The van der Waals surface area contributed by atoms with Crippen molar-refractivity contribution in [2.24, 2.45) is 0 Å². The average Bonchev–Trinajstić information content (AvgIpc) is 2.42. The summed E-state index contributed by atoms with van der Waals surface area (Å²) in [5.74, 6) is 0.257. The highest BCUT2D eigenvalue weighted by molar-refractivity contribution is 9.10.